The molecule has 1 unspecified atom stereocenters. The van der Waals surface area contributed by atoms with Crippen molar-refractivity contribution in [1.82, 2.24) is 30.1 Å². The number of amides is 1. The van der Waals surface area contributed by atoms with Crippen molar-refractivity contribution in [1.29, 1.82) is 5.26 Å². The van der Waals surface area contributed by atoms with Gasteiger partial charge in [0.15, 0.2) is 6.19 Å². The van der Waals surface area contributed by atoms with E-state index in [0.717, 1.165) is 48.3 Å². The number of aryl methyl sites for hydroxylation is 1. The van der Waals surface area contributed by atoms with E-state index in [4.69, 9.17) is 9.73 Å². The van der Waals surface area contributed by atoms with Gasteiger partial charge in [-0.1, -0.05) is 0 Å². The second-order valence-corrected chi connectivity index (χ2v) is 10.3. The van der Waals surface area contributed by atoms with Gasteiger partial charge in [-0.2, -0.15) is 5.26 Å². The zero-order chi connectivity index (χ0) is 25.2. The van der Waals surface area contributed by atoms with Crippen LogP contribution in [0.5, 0.6) is 0 Å². The van der Waals surface area contributed by atoms with Crippen LogP contribution in [0.4, 0.5) is 10.6 Å². The van der Waals surface area contributed by atoms with E-state index in [0.29, 0.717) is 25.6 Å². The molecule has 11 heteroatoms. The molecule has 0 radical (unpaired) electrons. The number of rotatable bonds is 2. The molecular formula is C24H35N9O2. The molecule has 2 N–H and O–H groups in total. The van der Waals surface area contributed by atoms with Crippen molar-refractivity contribution >= 4 is 28.9 Å². The van der Waals surface area contributed by atoms with Gasteiger partial charge < -0.3 is 24.4 Å². The molecule has 0 saturated carbocycles. The first-order valence-electron chi connectivity index (χ1n) is 12.2. The summed E-state index contributed by atoms with van der Waals surface area (Å²) in [7, 11) is 0. The van der Waals surface area contributed by atoms with Gasteiger partial charge in [0.05, 0.1) is 11.4 Å². The molecule has 4 heterocycles. The van der Waals surface area contributed by atoms with Gasteiger partial charge in [-0.05, 0) is 53.0 Å². The van der Waals surface area contributed by atoms with Crippen LogP contribution in [0.2, 0.25) is 0 Å². The van der Waals surface area contributed by atoms with Crippen molar-refractivity contribution in [2.45, 2.75) is 65.1 Å². The van der Waals surface area contributed by atoms with E-state index < -0.39 is 5.60 Å². The van der Waals surface area contributed by atoms with Crippen LogP contribution in [-0.4, -0.2) is 87.2 Å². The molecule has 2 aromatic heterocycles. The van der Waals surface area contributed by atoms with E-state index >= 15 is 0 Å². The Bertz CT molecular complexity index is 1130. The zero-order valence-electron chi connectivity index (χ0n) is 21.2. The Morgan fingerprint density at radius 3 is 2.80 bits per heavy atom. The highest BCUT2D eigenvalue weighted by atomic mass is 16.6. The molecule has 2 atom stereocenters. The van der Waals surface area contributed by atoms with Crippen LogP contribution in [-0.2, 0) is 4.74 Å². The van der Waals surface area contributed by atoms with Gasteiger partial charge in [0, 0.05) is 45.0 Å². The molecular weight excluding hydrogens is 446 g/mol. The average Bonchev–Trinajstić information content (AvgIpc) is 3.19. The summed E-state index contributed by atoms with van der Waals surface area (Å²) in [6, 6.07) is -0.000458. The number of anilines is 1. The summed E-state index contributed by atoms with van der Waals surface area (Å²) in [5.74, 6) is 1.48. The highest BCUT2D eigenvalue weighted by Crippen LogP contribution is 2.28. The maximum absolute atomic E-state index is 12.6. The smallest absolute Gasteiger partial charge is 0.410 e. The molecule has 2 aromatic rings. The highest BCUT2D eigenvalue weighted by Gasteiger charge is 2.31. The van der Waals surface area contributed by atoms with Crippen molar-refractivity contribution < 1.29 is 9.53 Å². The average molecular weight is 482 g/mol. The Kier molecular flexibility index (Phi) is 7.00. The van der Waals surface area contributed by atoms with Crippen LogP contribution in [0.25, 0.3) is 11.0 Å². The van der Waals surface area contributed by atoms with Gasteiger partial charge >= 0.3 is 6.09 Å². The van der Waals surface area contributed by atoms with Gasteiger partial charge in [0.25, 0.3) is 0 Å². The number of nitriles is 1. The van der Waals surface area contributed by atoms with Gasteiger partial charge in [-0.3, -0.25) is 5.32 Å². The van der Waals surface area contributed by atoms with Gasteiger partial charge in [-0.15, -0.1) is 0 Å². The molecule has 1 amide bonds. The lowest BCUT2D eigenvalue weighted by atomic mass is 10.1. The van der Waals surface area contributed by atoms with Crippen molar-refractivity contribution in [3.63, 3.8) is 0 Å². The van der Waals surface area contributed by atoms with Crippen molar-refractivity contribution in [2.24, 2.45) is 4.99 Å². The molecule has 0 aliphatic carbocycles. The molecule has 2 saturated heterocycles. The van der Waals surface area contributed by atoms with Crippen LogP contribution in [0.1, 0.15) is 46.1 Å². The minimum absolute atomic E-state index is 0.0955. The van der Waals surface area contributed by atoms with Crippen molar-refractivity contribution in [3.05, 3.63) is 18.1 Å². The summed E-state index contributed by atoms with van der Waals surface area (Å²) in [5.41, 5.74) is 1.41. The van der Waals surface area contributed by atoms with E-state index in [9.17, 15) is 10.1 Å². The number of nitrogens with one attached hydrogen (secondary N) is 2. The Hall–Kier alpha value is -3.55. The van der Waals surface area contributed by atoms with Gasteiger partial charge in [0.1, 0.15) is 23.4 Å². The predicted octanol–water partition coefficient (Wildman–Crippen LogP) is 2.60. The Morgan fingerprint density at radius 1 is 1.29 bits per heavy atom. The Morgan fingerprint density at radius 2 is 2.09 bits per heavy atom. The van der Waals surface area contributed by atoms with E-state index in [-0.39, 0.29) is 18.2 Å². The third kappa shape index (κ3) is 5.58. The first-order chi connectivity index (χ1) is 16.7. The maximum Gasteiger partial charge on any atom is 0.410 e. The Labute approximate surface area is 206 Å². The summed E-state index contributed by atoms with van der Waals surface area (Å²) in [4.78, 5) is 35.7. The van der Waals surface area contributed by atoms with E-state index in [2.05, 4.69) is 43.9 Å². The van der Waals surface area contributed by atoms with Crippen LogP contribution in [0.3, 0.4) is 0 Å². The largest absolute Gasteiger partial charge is 0.444 e. The summed E-state index contributed by atoms with van der Waals surface area (Å²) in [6.07, 6.45) is 6.98. The molecule has 188 valence electrons. The van der Waals surface area contributed by atoms with Crippen LogP contribution >= 0.6 is 0 Å². The first-order valence-corrected chi connectivity index (χ1v) is 12.2. The van der Waals surface area contributed by atoms with E-state index in [1.165, 1.54) is 0 Å². The SMILES string of the molecule is Cc1c[nH]c2ncnc(N3CCN(C(=NC4CCCN(C(=O)OC(C)(C)C)C4)NC#N)[C@@H](C)C3)c12. The molecule has 0 aromatic carbocycles. The predicted molar refractivity (Wildman–Crippen MR) is 134 cm³/mol. The Balaban J connectivity index is 1.47. The number of likely N-dealkylation sites (tertiary alicyclic amines) is 1. The molecule has 4 rings (SSSR count). The van der Waals surface area contributed by atoms with Gasteiger partial charge in [-0.25, -0.2) is 19.8 Å². The topological polar surface area (TPSA) is 126 Å². The number of aromatic nitrogens is 3. The molecule has 35 heavy (non-hydrogen) atoms. The standard InChI is InChI=1S/C24H35N9O2/c1-16-11-26-20-19(16)21(29-15-28-20)31-9-10-33(17(2)12-31)22(27-14-25)30-18-7-6-8-32(13-18)23(34)35-24(3,4)5/h11,15,17-18H,6-10,12-13H2,1-5H3,(H,27,30)(H,26,28,29)/t17-,18?/m0/s1. The number of fused-ring (bicyclic) bond motifs is 1. The second-order valence-electron chi connectivity index (χ2n) is 10.3. The number of nitrogens with zero attached hydrogens (tertiary/aromatic N) is 7. The summed E-state index contributed by atoms with van der Waals surface area (Å²) in [5, 5.41) is 13.3. The number of piperidine rings is 1. The van der Waals surface area contributed by atoms with Gasteiger partial charge in [0.2, 0.25) is 5.96 Å². The number of piperazine rings is 1. The lowest BCUT2D eigenvalue weighted by molar-refractivity contribution is 0.0200. The number of hydrogen-bond acceptors (Lipinski definition) is 7. The highest BCUT2D eigenvalue weighted by molar-refractivity contribution is 5.91. The molecule has 0 bridgehead atoms. The number of carbonyl (C=O) groups excluding carboxylic acids is 1. The zero-order valence-corrected chi connectivity index (χ0v) is 21.2. The normalized spacial score (nSPS) is 21.7. The second kappa shape index (κ2) is 9.98. The van der Waals surface area contributed by atoms with Crippen molar-refractivity contribution in [2.75, 3.05) is 37.6 Å². The molecule has 2 aliphatic rings. The number of aromatic amines is 1. The third-order valence-electron chi connectivity index (χ3n) is 6.37. The fraction of sp³-hybridized carbons (Fsp3) is 0.625. The van der Waals surface area contributed by atoms with Crippen molar-refractivity contribution in [3.8, 4) is 6.19 Å². The number of H-pyrrole nitrogens is 1. The summed E-state index contributed by atoms with van der Waals surface area (Å²) in [6.45, 7) is 13.1. The fourth-order valence-corrected chi connectivity index (χ4v) is 4.76. The number of aliphatic imine (C=N–C) groups is 1. The first kappa shape index (κ1) is 24.6. The lowest BCUT2D eigenvalue weighted by Gasteiger charge is -2.42. The quantitative estimate of drug-likeness (QED) is 0.290. The minimum Gasteiger partial charge on any atom is -0.444 e. The third-order valence-corrected chi connectivity index (χ3v) is 6.37. The van der Waals surface area contributed by atoms with Crippen LogP contribution in [0.15, 0.2) is 17.5 Å². The monoisotopic (exact) mass is 481 g/mol. The van der Waals surface area contributed by atoms with Crippen LogP contribution < -0.4 is 10.2 Å². The molecule has 2 aliphatic heterocycles. The number of hydrogen-bond donors (Lipinski definition) is 2. The molecule has 2 fully saturated rings. The molecule has 11 nitrogen and oxygen atoms in total. The number of ether oxygens (including phenoxy) is 1. The number of guanidine groups is 1. The molecule has 0 spiro atoms. The fourth-order valence-electron chi connectivity index (χ4n) is 4.76. The van der Waals surface area contributed by atoms with Crippen LogP contribution in [0, 0.1) is 18.4 Å². The van der Waals surface area contributed by atoms with E-state index in [1.807, 2.05) is 33.2 Å². The van der Waals surface area contributed by atoms with E-state index in [1.54, 1.807) is 11.2 Å². The number of carbonyl (C=O) groups is 1. The summed E-state index contributed by atoms with van der Waals surface area (Å²) >= 11 is 0. The lowest BCUT2D eigenvalue weighted by Crippen LogP contribution is -2.57. The summed E-state index contributed by atoms with van der Waals surface area (Å²) < 4.78 is 5.54. The maximum atomic E-state index is 12.6. The minimum atomic E-state index is -0.538.